The first-order valence-corrected chi connectivity index (χ1v) is 10.8. The van der Waals surface area contributed by atoms with Crippen LogP contribution < -0.4 is 10.6 Å². The molecule has 0 aromatic heterocycles. The third-order valence-electron chi connectivity index (χ3n) is 4.86. The number of nitrogens with zero attached hydrogens (tertiary/aromatic N) is 1. The minimum absolute atomic E-state index is 0.0115. The third kappa shape index (κ3) is 5.60. The fourth-order valence-electron chi connectivity index (χ4n) is 3.19. The standard InChI is InChI=1S/C19H29N3O4S/c1-4-20-14(2)13-21-19(24)17-9-11-22(12-10-17)27(25,26)18-7-5-16(6-8-18)15(3)23/h5-8,14,17,20H,4,9-13H2,1-3H3,(H,21,24)/t14-/m1/s1. The number of sulfonamides is 1. The molecule has 1 heterocycles. The van der Waals surface area contributed by atoms with E-state index < -0.39 is 10.0 Å². The van der Waals surface area contributed by atoms with Crippen LogP contribution in [0.3, 0.4) is 0 Å². The van der Waals surface area contributed by atoms with E-state index in [0.717, 1.165) is 6.54 Å². The number of benzene rings is 1. The Kier molecular flexibility index (Phi) is 7.52. The van der Waals surface area contributed by atoms with Crippen LogP contribution in [0.2, 0.25) is 0 Å². The van der Waals surface area contributed by atoms with Crippen LogP contribution in [0.5, 0.6) is 0 Å². The normalized spacial score (nSPS) is 17.4. The van der Waals surface area contributed by atoms with E-state index in [0.29, 0.717) is 38.0 Å². The monoisotopic (exact) mass is 395 g/mol. The Bertz CT molecular complexity index is 754. The molecule has 27 heavy (non-hydrogen) atoms. The molecule has 1 saturated heterocycles. The number of carbonyl (C=O) groups excluding carboxylic acids is 2. The SMILES string of the molecule is CCN[C@H](C)CNC(=O)C1CCN(S(=O)(=O)c2ccc(C(C)=O)cc2)CC1. The smallest absolute Gasteiger partial charge is 0.243 e. The molecule has 0 spiro atoms. The van der Waals surface area contributed by atoms with Gasteiger partial charge in [0.25, 0.3) is 0 Å². The number of hydrogen-bond acceptors (Lipinski definition) is 5. The van der Waals surface area contributed by atoms with Gasteiger partial charge >= 0.3 is 0 Å². The van der Waals surface area contributed by atoms with Crippen molar-refractivity contribution >= 4 is 21.7 Å². The lowest BCUT2D eigenvalue weighted by atomic mass is 9.97. The van der Waals surface area contributed by atoms with Crippen molar-refractivity contribution in [3.8, 4) is 0 Å². The molecular weight excluding hydrogens is 366 g/mol. The average molecular weight is 396 g/mol. The summed E-state index contributed by atoms with van der Waals surface area (Å²) < 4.78 is 26.9. The van der Waals surface area contributed by atoms with Crippen LogP contribution in [0.4, 0.5) is 0 Å². The van der Waals surface area contributed by atoms with Crippen LogP contribution in [0, 0.1) is 5.92 Å². The molecule has 1 aromatic carbocycles. The summed E-state index contributed by atoms with van der Waals surface area (Å²) in [6.45, 7) is 7.51. The first kappa shape index (κ1) is 21.5. The second kappa shape index (κ2) is 9.43. The van der Waals surface area contributed by atoms with Crippen LogP contribution >= 0.6 is 0 Å². The molecule has 1 aliphatic heterocycles. The largest absolute Gasteiger partial charge is 0.354 e. The van der Waals surface area contributed by atoms with E-state index in [2.05, 4.69) is 10.6 Å². The van der Waals surface area contributed by atoms with Gasteiger partial charge in [-0.15, -0.1) is 0 Å². The van der Waals surface area contributed by atoms with Crippen molar-refractivity contribution in [1.29, 1.82) is 0 Å². The molecule has 0 saturated carbocycles. The number of hydrogen-bond donors (Lipinski definition) is 2. The average Bonchev–Trinajstić information content (AvgIpc) is 2.66. The molecule has 1 fully saturated rings. The molecule has 1 aliphatic rings. The topological polar surface area (TPSA) is 95.6 Å². The molecule has 0 unspecified atom stereocenters. The Morgan fingerprint density at radius 3 is 2.30 bits per heavy atom. The summed E-state index contributed by atoms with van der Waals surface area (Å²) in [6.07, 6.45) is 1.01. The third-order valence-corrected chi connectivity index (χ3v) is 6.77. The van der Waals surface area contributed by atoms with Gasteiger partial charge < -0.3 is 10.6 Å². The highest BCUT2D eigenvalue weighted by Gasteiger charge is 2.32. The number of amides is 1. The first-order valence-electron chi connectivity index (χ1n) is 9.38. The fraction of sp³-hybridized carbons (Fsp3) is 0.579. The van der Waals surface area contributed by atoms with E-state index >= 15 is 0 Å². The fourth-order valence-corrected chi connectivity index (χ4v) is 4.66. The van der Waals surface area contributed by atoms with Crippen molar-refractivity contribution < 1.29 is 18.0 Å². The van der Waals surface area contributed by atoms with Crippen LogP contribution in [-0.4, -0.2) is 56.6 Å². The highest BCUT2D eigenvalue weighted by atomic mass is 32.2. The van der Waals surface area contributed by atoms with Crippen LogP contribution in [0.25, 0.3) is 0 Å². The van der Waals surface area contributed by atoms with Gasteiger partial charge in [0.2, 0.25) is 15.9 Å². The molecule has 1 amide bonds. The molecule has 7 nitrogen and oxygen atoms in total. The molecule has 150 valence electrons. The maximum absolute atomic E-state index is 12.8. The summed E-state index contributed by atoms with van der Waals surface area (Å²) in [7, 11) is -3.61. The zero-order valence-electron chi connectivity index (χ0n) is 16.2. The second-order valence-electron chi connectivity index (χ2n) is 6.96. The van der Waals surface area contributed by atoms with E-state index in [-0.39, 0.29) is 28.5 Å². The van der Waals surface area contributed by atoms with Crippen LogP contribution in [-0.2, 0) is 14.8 Å². The lowest BCUT2D eigenvalue weighted by Gasteiger charge is -2.30. The lowest BCUT2D eigenvalue weighted by Crippen LogP contribution is -2.45. The number of likely N-dealkylation sites (N-methyl/N-ethyl adjacent to an activating group) is 1. The maximum atomic E-state index is 12.8. The van der Waals surface area contributed by atoms with Crippen molar-refractivity contribution in [2.45, 2.75) is 44.6 Å². The van der Waals surface area contributed by atoms with Gasteiger partial charge in [-0.2, -0.15) is 4.31 Å². The molecule has 1 aromatic rings. The molecule has 0 radical (unpaired) electrons. The van der Waals surface area contributed by atoms with Gasteiger partial charge in [0.05, 0.1) is 4.90 Å². The van der Waals surface area contributed by atoms with E-state index in [9.17, 15) is 18.0 Å². The Labute approximate surface area is 161 Å². The molecule has 2 N–H and O–H groups in total. The van der Waals surface area contributed by atoms with Crippen molar-refractivity contribution in [3.05, 3.63) is 29.8 Å². The Balaban J connectivity index is 1.92. The van der Waals surface area contributed by atoms with Gasteiger partial charge in [0.1, 0.15) is 0 Å². The van der Waals surface area contributed by atoms with Crippen LogP contribution in [0.1, 0.15) is 44.0 Å². The van der Waals surface area contributed by atoms with E-state index in [1.165, 1.54) is 35.5 Å². The Hall–Kier alpha value is -1.77. The summed E-state index contributed by atoms with van der Waals surface area (Å²) in [5.41, 5.74) is 0.483. The minimum Gasteiger partial charge on any atom is -0.354 e. The van der Waals surface area contributed by atoms with Crippen molar-refractivity contribution in [1.82, 2.24) is 14.9 Å². The van der Waals surface area contributed by atoms with Gasteiger partial charge in [0, 0.05) is 37.2 Å². The number of rotatable bonds is 8. The molecule has 1 atom stereocenters. The summed E-state index contributed by atoms with van der Waals surface area (Å²) in [5, 5.41) is 6.17. The van der Waals surface area contributed by atoms with Crippen molar-refractivity contribution in [2.75, 3.05) is 26.2 Å². The Morgan fingerprint density at radius 1 is 1.19 bits per heavy atom. The minimum atomic E-state index is -3.61. The molecule has 2 rings (SSSR count). The summed E-state index contributed by atoms with van der Waals surface area (Å²) in [5.74, 6) is -0.276. The lowest BCUT2D eigenvalue weighted by molar-refractivity contribution is -0.126. The van der Waals surface area contributed by atoms with E-state index in [4.69, 9.17) is 0 Å². The van der Waals surface area contributed by atoms with Gasteiger partial charge in [-0.1, -0.05) is 19.1 Å². The summed E-state index contributed by atoms with van der Waals surface area (Å²) in [6, 6.07) is 6.19. The molecular formula is C19H29N3O4S. The van der Waals surface area contributed by atoms with Gasteiger partial charge in [-0.05, 0) is 45.4 Å². The van der Waals surface area contributed by atoms with Gasteiger partial charge in [0.15, 0.2) is 5.78 Å². The summed E-state index contributed by atoms with van der Waals surface area (Å²) >= 11 is 0. The van der Waals surface area contributed by atoms with Crippen molar-refractivity contribution in [2.24, 2.45) is 5.92 Å². The predicted molar refractivity (Wildman–Crippen MR) is 104 cm³/mol. The summed E-state index contributed by atoms with van der Waals surface area (Å²) in [4.78, 5) is 23.8. The number of piperidine rings is 1. The molecule has 0 aliphatic carbocycles. The molecule has 8 heteroatoms. The van der Waals surface area contributed by atoms with Gasteiger partial charge in [-0.3, -0.25) is 9.59 Å². The maximum Gasteiger partial charge on any atom is 0.243 e. The number of ketones is 1. The highest BCUT2D eigenvalue weighted by Crippen LogP contribution is 2.24. The quantitative estimate of drug-likeness (QED) is 0.649. The predicted octanol–water partition coefficient (Wildman–Crippen LogP) is 1.40. The second-order valence-corrected chi connectivity index (χ2v) is 8.90. The zero-order chi connectivity index (χ0) is 20.0. The van der Waals surface area contributed by atoms with Gasteiger partial charge in [-0.25, -0.2) is 8.42 Å². The van der Waals surface area contributed by atoms with E-state index in [1.54, 1.807) is 0 Å². The van der Waals surface area contributed by atoms with Crippen LogP contribution in [0.15, 0.2) is 29.2 Å². The number of carbonyl (C=O) groups is 2. The molecule has 0 bridgehead atoms. The number of Topliss-reactive ketones (excluding diaryl/α,β-unsaturated/α-hetero) is 1. The first-order chi connectivity index (χ1) is 12.8. The van der Waals surface area contributed by atoms with Crippen molar-refractivity contribution in [3.63, 3.8) is 0 Å². The Morgan fingerprint density at radius 2 is 1.78 bits per heavy atom. The zero-order valence-corrected chi connectivity index (χ0v) is 17.0. The highest BCUT2D eigenvalue weighted by molar-refractivity contribution is 7.89. The van der Waals surface area contributed by atoms with E-state index in [1.807, 2.05) is 13.8 Å². The number of nitrogens with one attached hydrogen (secondary N) is 2.